The van der Waals surface area contributed by atoms with E-state index in [0.29, 0.717) is 29.3 Å². The van der Waals surface area contributed by atoms with Gasteiger partial charge in [0.15, 0.2) is 0 Å². The van der Waals surface area contributed by atoms with E-state index in [-0.39, 0.29) is 11.3 Å². The zero-order chi connectivity index (χ0) is 22.8. The van der Waals surface area contributed by atoms with Crippen LogP contribution in [-0.2, 0) is 9.59 Å². The summed E-state index contributed by atoms with van der Waals surface area (Å²) in [4.78, 5) is 31.8. The van der Waals surface area contributed by atoms with Crippen molar-refractivity contribution in [2.24, 2.45) is 0 Å². The number of Topliss-reactive ketones (excluding diaryl/α,β-unsaturated/α-hetero) is 1. The molecule has 0 unspecified atom stereocenters. The molecule has 0 bridgehead atoms. The van der Waals surface area contributed by atoms with Crippen molar-refractivity contribution in [1.82, 2.24) is 4.98 Å². The van der Waals surface area contributed by atoms with Crippen molar-refractivity contribution in [2.75, 3.05) is 11.5 Å². The van der Waals surface area contributed by atoms with E-state index in [1.165, 1.54) is 4.90 Å². The van der Waals surface area contributed by atoms with Crippen molar-refractivity contribution in [2.45, 2.75) is 13.0 Å². The molecule has 1 saturated heterocycles. The number of rotatable bonds is 5. The fraction of sp³-hybridized carbons (Fsp3) is 0.125. The number of benzene rings is 2. The monoisotopic (exact) mass is 556 g/mol. The van der Waals surface area contributed by atoms with Crippen LogP contribution in [0, 0.1) is 0 Å². The maximum absolute atomic E-state index is 13.1. The van der Waals surface area contributed by atoms with Gasteiger partial charge in [0.05, 0.1) is 18.2 Å². The summed E-state index contributed by atoms with van der Waals surface area (Å²) < 4.78 is 7.04. The Balaban J connectivity index is 1.88. The third kappa shape index (κ3) is 4.20. The van der Waals surface area contributed by atoms with E-state index in [1.54, 1.807) is 54.7 Å². The molecule has 0 radical (unpaired) electrons. The first-order valence-corrected chi connectivity index (χ1v) is 11.4. The third-order valence-electron chi connectivity index (χ3n) is 5.03. The molecule has 0 saturated carbocycles. The third-order valence-corrected chi connectivity index (χ3v) is 6.03. The predicted molar refractivity (Wildman–Crippen MR) is 128 cm³/mol. The van der Waals surface area contributed by atoms with E-state index in [1.807, 2.05) is 19.1 Å². The van der Waals surface area contributed by atoms with E-state index >= 15 is 0 Å². The Morgan fingerprint density at radius 1 is 1.00 bits per heavy atom. The van der Waals surface area contributed by atoms with Gasteiger partial charge in [-0.25, -0.2) is 4.98 Å². The molecule has 1 atom stereocenters. The second kappa shape index (κ2) is 9.26. The van der Waals surface area contributed by atoms with Gasteiger partial charge in [0.25, 0.3) is 5.78 Å². The molecule has 1 aliphatic rings. The number of carbonyl (C=O) groups is 2. The zero-order valence-corrected chi connectivity index (χ0v) is 20.1. The minimum atomic E-state index is -0.830. The lowest BCUT2D eigenvalue weighted by Gasteiger charge is -2.24. The predicted octanol–water partition coefficient (Wildman–Crippen LogP) is 5.63. The maximum Gasteiger partial charge on any atom is 0.301 e. The van der Waals surface area contributed by atoms with Gasteiger partial charge in [-0.15, -0.1) is 0 Å². The maximum atomic E-state index is 13.1. The molecule has 1 aliphatic heterocycles. The summed E-state index contributed by atoms with van der Waals surface area (Å²) in [5.74, 6) is -0.810. The Hall–Kier alpha value is -2.97. The highest BCUT2D eigenvalue weighted by Crippen LogP contribution is 2.42. The summed E-state index contributed by atoms with van der Waals surface area (Å²) in [5, 5.41) is 11.1. The molecule has 3 aromatic rings. The number of aliphatic hydroxyl groups excluding tert-OH is 1. The largest absolute Gasteiger partial charge is 0.507 e. The standard InChI is InChI=1S/C24H18Br2N2O4/c1-2-32-18-10-5-15(6-11-18)22(29)20-21(14-3-7-16(25)8-4-14)28(24(31)23(20)30)19-12-9-17(26)13-27-19/h3-13,21,29H,2H2,1H3/t21-/m0/s1. The second-order valence-electron chi connectivity index (χ2n) is 7.01. The van der Waals surface area contributed by atoms with E-state index in [2.05, 4.69) is 36.8 Å². The Bertz CT molecular complexity index is 1190. The SMILES string of the molecule is CCOc1ccc(C(O)=C2C(=O)C(=O)N(c3ccc(Br)cn3)[C@H]2c2ccc(Br)cc2)cc1. The van der Waals surface area contributed by atoms with Crippen molar-refractivity contribution < 1.29 is 19.4 Å². The first-order valence-electron chi connectivity index (χ1n) is 9.82. The van der Waals surface area contributed by atoms with Crippen molar-refractivity contribution in [1.29, 1.82) is 0 Å². The van der Waals surface area contributed by atoms with Crippen LogP contribution in [0.1, 0.15) is 24.1 Å². The van der Waals surface area contributed by atoms with Crippen LogP contribution in [0.3, 0.4) is 0 Å². The van der Waals surface area contributed by atoms with Gasteiger partial charge in [-0.2, -0.15) is 0 Å². The van der Waals surface area contributed by atoms with Gasteiger partial charge in [-0.3, -0.25) is 14.5 Å². The van der Waals surface area contributed by atoms with Gasteiger partial charge in [0.2, 0.25) is 0 Å². The summed E-state index contributed by atoms with van der Waals surface area (Å²) >= 11 is 6.74. The average molecular weight is 558 g/mol. The van der Waals surface area contributed by atoms with E-state index in [9.17, 15) is 14.7 Å². The topological polar surface area (TPSA) is 79.7 Å². The van der Waals surface area contributed by atoms with Gasteiger partial charge in [0.1, 0.15) is 17.3 Å². The van der Waals surface area contributed by atoms with Crippen LogP contribution in [0.2, 0.25) is 0 Å². The van der Waals surface area contributed by atoms with Gasteiger partial charge in [0, 0.05) is 20.7 Å². The molecule has 1 amide bonds. The molecule has 32 heavy (non-hydrogen) atoms. The Morgan fingerprint density at radius 3 is 2.25 bits per heavy atom. The Morgan fingerprint density at radius 2 is 1.66 bits per heavy atom. The number of ether oxygens (including phenoxy) is 1. The minimum Gasteiger partial charge on any atom is -0.507 e. The summed E-state index contributed by atoms with van der Waals surface area (Å²) in [6.07, 6.45) is 1.56. The quantitative estimate of drug-likeness (QED) is 0.250. The number of aromatic nitrogens is 1. The van der Waals surface area contributed by atoms with Crippen molar-refractivity contribution >= 4 is 55.1 Å². The fourth-order valence-electron chi connectivity index (χ4n) is 3.57. The molecule has 2 aromatic carbocycles. The average Bonchev–Trinajstić information content (AvgIpc) is 3.06. The number of ketones is 1. The highest BCUT2D eigenvalue weighted by atomic mass is 79.9. The summed E-state index contributed by atoms with van der Waals surface area (Å²) in [6.45, 7) is 2.39. The molecule has 8 heteroatoms. The number of carbonyl (C=O) groups excluding carboxylic acids is 2. The number of hydrogen-bond acceptors (Lipinski definition) is 5. The lowest BCUT2D eigenvalue weighted by Crippen LogP contribution is -2.30. The molecule has 1 fully saturated rings. The minimum absolute atomic E-state index is 0.00574. The summed E-state index contributed by atoms with van der Waals surface area (Å²) in [6, 6.07) is 16.5. The second-order valence-corrected chi connectivity index (χ2v) is 8.84. The van der Waals surface area contributed by atoms with Crippen LogP contribution in [0.25, 0.3) is 5.76 Å². The lowest BCUT2D eigenvalue weighted by molar-refractivity contribution is -0.132. The number of aliphatic hydroxyl groups is 1. The van der Waals surface area contributed by atoms with E-state index < -0.39 is 17.7 Å². The number of anilines is 1. The molecule has 1 aromatic heterocycles. The highest BCUT2D eigenvalue weighted by Gasteiger charge is 2.47. The normalized spacial score (nSPS) is 17.6. The number of amides is 1. The van der Waals surface area contributed by atoms with Crippen LogP contribution in [0.4, 0.5) is 5.82 Å². The van der Waals surface area contributed by atoms with Crippen LogP contribution in [0.5, 0.6) is 5.75 Å². The molecule has 2 heterocycles. The van der Waals surface area contributed by atoms with Crippen molar-refractivity contribution in [3.05, 3.63) is 92.5 Å². The molecular weight excluding hydrogens is 540 g/mol. The molecular formula is C24H18Br2N2O4. The Kier molecular flexibility index (Phi) is 6.43. The molecule has 0 aliphatic carbocycles. The summed E-state index contributed by atoms with van der Waals surface area (Å²) in [7, 11) is 0. The smallest absolute Gasteiger partial charge is 0.301 e. The van der Waals surface area contributed by atoms with Crippen molar-refractivity contribution in [3.63, 3.8) is 0 Å². The van der Waals surface area contributed by atoms with Crippen LogP contribution < -0.4 is 9.64 Å². The van der Waals surface area contributed by atoms with Crippen molar-refractivity contribution in [3.8, 4) is 5.75 Å². The van der Waals surface area contributed by atoms with Crippen LogP contribution >= 0.6 is 31.9 Å². The molecule has 6 nitrogen and oxygen atoms in total. The van der Waals surface area contributed by atoms with E-state index in [4.69, 9.17) is 4.74 Å². The van der Waals surface area contributed by atoms with Crippen LogP contribution in [0.15, 0.2) is 81.4 Å². The first-order chi connectivity index (χ1) is 15.4. The van der Waals surface area contributed by atoms with Gasteiger partial charge >= 0.3 is 5.91 Å². The number of pyridine rings is 1. The number of halogens is 2. The number of hydrogen-bond donors (Lipinski definition) is 1. The molecule has 162 valence electrons. The molecule has 4 rings (SSSR count). The van der Waals surface area contributed by atoms with Crippen LogP contribution in [-0.4, -0.2) is 28.4 Å². The highest BCUT2D eigenvalue weighted by molar-refractivity contribution is 9.10. The first kappa shape index (κ1) is 22.2. The Labute approximate surface area is 201 Å². The zero-order valence-electron chi connectivity index (χ0n) is 17.0. The fourth-order valence-corrected chi connectivity index (χ4v) is 4.07. The van der Waals surface area contributed by atoms with Gasteiger partial charge in [-0.1, -0.05) is 28.1 Å². The summed E-state index contributed by atoms with van der Waals surface area (Å²) in [5.41, 5.74) is 1.09. The van der Waals surface area contributed by atoms with Gasteiger partial charge in [-0.05, 0) is 76.9 Å². The van der Waals surface area contributed by atoms with E-state index in [0.717, 1.165) is 8.95 Å². The van der Waals surface area contributed by atoms with Gasteiger partial charge < -0.3 is 9.84 Å². The molecule has 0 spiro atoms. The molecule has 1 N–H and O–H groups in total. The lowest BCUT2D eigenvalue weighted by atomic mass is 9.95. The number of nitrogens with zero attached hydrogens (tertiary/aromatic N) is 2.